The minimum Gasteiger partial charge on any atom is -0.464 e. The van der Waals surface area contributed by atoms with Crippen LogP contribution in [-0.2, 0) is 19.6 Å². The Balaban J connectivity index is 1.72. The molecule has 3 rings (SSSR count). The molecule has 2 heterocycles. The Kier molecular flexibility index (Phi) is 4.65. The molecule has 2 saturated heterocycles. The van der Waals surface area contributed by atoms with Crippen LogP contribution in [0, 0.1) is 5.82 Å². The fraction of sp³-hybridized carbons (Fsp3) is 0.533. The zero-order valence-corrected chi connectivity index (χ0v) is 13.5. The Hall–Kier alpha value is -1.51. The first-order chi connectivity index (χ1) is 11.0. The average Bonchev–Trinajstić information content (AvgIpc) is 2.80. The Morgan fingerprint density at radius 3 is 2.48 bits per heavy atom. The summed E-state index contributed by atoms with van der Waals surface area (Å²) in [6.45, 7) is 2.27. The number of carbonyl (C=O) groups excluding carboxylic acids is 1. The normalized spacial score (nSPS) is 24.4. The van der Waals surface area contributed by atoms with Gasteiger partial charge in [-0.2, -0.15) is 4.31 Å². The maximum atomic E-state index is 13.0. The maximum Gasteiger partial charge on any atom is 0.323 e. The van der Waals surface area contributed by atoms with Crippen molar-refractivity contribution in [1.29, 1.82) is 0 Å². The van der Waals surface area contributed by atoms with Gasteiger partial charge < -0.3 is 4.74 Å². The van der Waals surface area contributed by atoms with Crippen LogP contribution in [0.5, 0.6) is 0 Å². The van der Waals surface area contributed by atoms with Gasteiger partial charge in [0.15, 0.2) is 0 Å². The Morgan fingerprint density at radius 1 is 1.09 bits per heavy atom. The van der Waals surface area contributed by atoms with Gasteiger partial charge in [0, 0.05) is 32.6 Å². The molecule has 0 N–H and O–H groups in total. The number of hydrogen-bond acceptors (Lipinski definition) is 5. The summed E-state index contributed by atoms with van der Waals surface area (Å²) in [4.78, 5) is 13.8. The van der Waals surface area contributed by atoms with E-state index in [-0.39, 0.29) is 16.9 Å². The van der Waals surface area contributed by atoms with Gasteiger partial charge in [-0.1, -0.05) is 0 Å². The lowest BCUT2D eigenvalue weighted by Crippen LogP contribution is -2.41. The van der Waals surface area contributed by atoms with Gasteiger partial charge in [0.05, 0.1) is 11.5 Å². The maximum absolute atomic E-state index is 13.0. The predicted molar refractivity (Wildman–Crippen MR) is 80.7 cm³/mol. The Labute approximate surface area is 134 Å². The molecular formula is C15H19FN2O4S. The quantitative estimate of drug-likeness (QED) is 0.762. The third-order valence-electron chi connectivity index (χ3n) is 4.29. The van der Waals surface area contributed by atoms with Gasteiger partial charge >= 0.3 is 5.97 Å². The third-order valence-corrected chi connectivity index (χ3v) is 6.20. The van der Waals surface area contributed by atoms with E-state index in [0.29, 0.717) is 45.6 Å². The Morgan fingerprint density at radius 2 is 1.83 bits per heavy atom. The van der Waals surface area contributed by atoms with Crippen LogP contribution in [0.2, 0.25) is 0 Å². The number of hydrogen-bond donors (Lipinski definition) is 0. The number of rotatable bonds is 3. The number of carbonyl (C=O) groups is 1. The Bertz CT molecular complexity index is 677. The molecule has 1 atom stereocenters. The molecule has 1 aromatic carbocycles. The number of sulfonamides is 1. The molecule has 0 aliphatic carbocycles. The van der Waals surface area contributed by atoms with E-state index in [2.05, 4.69) is 0 Å². The van der Waals surface area contributed by atoms with E-state index in [0.717, 1.165) is 12.1 Å². The molecule has 0 aromatic heterocycles. The van der Waals surface area contributed by atoms with Crippen molar-refractivity contribution in [2.24, 2.45) is 0 Å². The van der Waals surface area contributed by atoms with Crippen LogP contribution in [0.3, 0.4) is 0 Å². The zero-order chi connectivity index (χ0) is 16.4. The van der Waals surface area contributed by atoms with Crippen molar-refractivity contribution >= 4 is 16.0 Å². The molecule has 0 radical (unpaired) electrons. The SMILES string of the molecule is O=C1OCC[C@@H]1N1CCCN(S(=O)(=O)c2ccc(F)cc2)CC1. The monoisotopic (exact) mass is 342 g/mol. The standard InChI is InChI=1S/C15H19FN2O4S/c16-12-2-4-13(5-3-12)23(20,21)18-8-1-7-17(9-10-18)14-6-11-22-15(14)19/h2-5,14H,1,6-11H2/t14-/m0/s1. The van der Waals surface area contributed by atoms with E-state index in [1.807, 2.05) is 4.90 Å². The molecule has 8 heteroatoms. The highest BCUT2D eigenvalue weighted by Gasteiger charge is 2.35. The second kappa shape index (κ2) is 6.54. The minimum absolute atomic E-state index is 0.0904. The van der Waals surface area contributed by atoms with Crippen LogP contribution in [0.1, 0.15) is 12.8 Å². The lowest BCUT2D eigenvalue weighted by molar-refractivity contribution is -0.142. The first-order valence-electron chi connectivity index (χ1n) is 7.65. The summed E-state index contributed by atoms with van der Waals surface area (Å²) >= 11 is 0. The topological polar surface area (TPSA) is 66.9 Å². The zero-order valence-electron chi connectivity index (χ0n) is 12.7. The number of cyclic esters (lactones) is 1. The summed E-state index contributed by atoms with van der Waals surface area (Å²) in [6, 6.07) is 4.59. The van der Waals surface area contributed by atoms with Gasteiger partial charge in [0.1, 0.15) is 11.9 Å². The van der Waals surface area contributed by atoms with Crippen molar-refractivity contribution in [3.05, 3.63) is 30.1 Å². The van der Waals surface area contributed by atoms with Crippen LogP contribution >= 0.6 is 0 Å². The largest absolute Gasteiger partial charge is 0.464 e. The molecule has 2 aliphatic rings. The van der Waals surface area contributed by atoms with Gasteiger partial charge in [0.25, 0.3) is 0 Å². The molecule has 1 aromatic rings. The molecule has 0 saturated carbocycles. The molecule has 0 unspecified atom stereocenters. The van der Waals surface area contributed by atoms with Crippen molar-refractivity contribution < 1.29 is 22.3 Å². The fourth-order valence-corrected chi connectivity index (χ4v) is 4.51. The van der Waals surface area contributed by atoms with Crippen molar-refractivity contribution in [2.75, 3.05) is 32.8 Å². The van der Waals surface area contributed by atoms with Crippen molar-refractivity contribution in [3.63, 3.8) is 0 Å². The van der Waals surface area contributed by atoms with Crippen LogP contribution in [0.4, 0.5) is 4.39 Å². The van der Waals surface area contributed by atoms with Crippen LogP contribution in [0.25, 0.3) is 0 Å². The summed E-state index contributed by atoms with van der Waals surface area (Å²) in [6.07, 6.45) is 1.30. The smallest absolute Gasteiger partial charge is 0.323 e. The summed E-state index contributed by atoms with van der Waals surface area (Å²) in [5.74, 6) is -0.689. The highest BCUT2D eigenvalue weighted by molar-refractivity contribution is 7.89. The molecule has 6 nitrogen and oxygen atoms in total. The van der Waals surface area contributed by atoms with Gasteiger partial charge in [-0.3, -0.25) is 9.69 Å². The van der Waals surface area contributed by atoms with Gasteiger partial charge in [-0.05, 0) is 30.7 Å². The van der Waals surface area contributed by atoms with E-state index in [1.54, 1.807) is 0 Å². The first kappa shape index (κ1) is 16.4. The second-order valence-electron chi connectivity index (χ2n) is 5.72. The molecule has 0 amide bonds. The summed E-state index contributed by atoms with van der Waals surface area (Å²) < 4.78 is 44.6. The second-order valence-corrected chi connectivity index (χ2v) is 7.66. The average molecular weight is 342 g/mol. The molecule has 0 spiro atoms. The molecule has 23 heavy (non-hydrogen) atoms. The van der Waals surface area contributed by atoms with Gasteiger partial charge in [0.2, 0.25) is 10.0 Å². The molecule has 126 valence electrons. The highest BCUT2D eigenvalue weighted by atomic mass is 32.2. The van der Waals surface area contributed by atoms with E-state index >= 15 is 0 Å². The van der Waals surface area contributed by atoms with E-state index < -0.39 is 15.8 Å². The van der Waals surface area contributed by atoms with Crippen molar-refractivity contribution in [3.8, 4) is 0 Å². The molecule has 2 fully saturated rings. The summed E-state index contributed by atoms with van der Waals surface area (Å²) in [5, 5.41) is 0. The fourth-order valence-electron chi connectivity index (χ4n) is 3.04. The number of nitrogens with zero attached hydrogens (tertiary/aromatic N) is 2. The summed E-state index contributed by atoms with van der Waals surface area (Å²) in [5.41, 5.74) is 0. The number of halogens is 1. The molecule has 0 bridgehead atoms. The van der Waals surface area contributed by atoms with Crippen LogP contribution < -0.4 is 0 Å². The van der Waals surface area contributed by atoms with E-state index in [9.17, 15) is 17.6 Å². The molecule has 2 aliphatic heterocycles. The lowest BCUT2D eigenvalue weighted by atomic mass is 10.2. The molecular weight excluding hydrogens is 323 g/mol. The van der Waals surface area contributed by atoms with Gasteiger partial charge in [-0.25, -0.2) is 12.8 Å². The van der Waals surface area contributed by atoms with E-state index in [1.165, 1.54) is 16.4 Å². The van der Waals surface area contributed by atoms with E-state index in [4.69, 9.17) is 4.74 Å². The number of ether oxygens (including phenoxy) is 1. The first-order valence-corrected chi connectivity index (χ1v) is 9.09. The van der Waals surface area contributed by atoms with Crippen LogP contribution in [-0.4, -0.2) is 62.4 Å². The predicted octanol–water partition coefficient (Wildman–Crippen LogP) is 0.838. The van der Waals surface area contributed by atoms with Crippen molar-refractivity contribution in [1.82, 2.24) is 9.21 Å². The van der Waals surface area contributed by atoms with Crippen LogP contribution in [0.15, 0.2) is 29.2 Å². The minimum atomic E-state index is -3.64. The highest BCUT2D eigenvalue weighted by Crippen LogP contribution is 2.21. The number of benzene rings is 1. The van der Waals surface area contributed by atoms with Gasteiger partial charge in [-0.15, -0.1) is 0 Å². The third kappa shape index (κ3) is 3.39. The van der Waals surface area contributed by atoms with Crippen molar-refractivity contribution in [2.45, 2.75) is 23.8 Å². The lowest BCUT2D eigenvalue weighted by Gasteiger charge is -2.24. The number of esters is 1. The summed E-state index contributed by atoms with van der Waals surface area (Å²) in [7, 11) is -3.64.